The summed E-state index contributed by atoms with van der Waals surface area (Å²) in [6.07, 6.45) is 2.29. The molecule has 0 aromatic rings. The van der Waals surface area contributed by atoms with Crippen LogP contribution in [0.25, 0.3) is 0 Å². The summed E-state index contributed by atoms with van der Waals surface area (Å²) in [4.78, 5) is 0. The Morgan fingerprint density at radius 1 is 1.58 bits per heavy atom. The molecule has 1 aliphatic rings. The van der Waals surface area contributed by atoms with Crippen LogP contribution in [0.15, 0.2) is 0 Å². The van der Waals surface area contributed by atoms with Gasteiger partial charge in [-0.05, 0) is 31.1 Å². The maximum absolute atomic E-state index is 6.00. The van der Waals surface area contributed by atoms with Gasteiger partial charge in [-0.1, -0.05) is 13.8 Å². The van der Waals surface area contributed by atoms with Crippen LogP contribution < -0.4 is 0 Å². The Hall–Kier alpha value is 0.250. The highest BCUT2D eigenvalue weighted by Crippen LogP contribution is 2.37. The molecule has 0 saturated carbocycles. The van der Waals surface area contributed by atoms with Crippen LogP contribution >= 0.6 is 11.6 Å². The van der Waals surface area contributed by atoms with Gasteiger partial charge in [0.2, 0.25) is 0 Å². The van der Waals surface area contributed by atoms with E-state index in [4.69, 9.17) is 16.3 Å². The lowest BCUT2D eigenvalue weighted by Crippen LogP contribution is -2.26. The number of rotatable bonds is 3. The van der Waals surface area contributed by atoms with Crippen molar-refractivity contribution >= 4 is 11.6 Å². The molecule has 0 N–H and O–H groups in total. The summed E-state index contributed by atoms with van der Waals surface area (Å²) >= 11 is 6.00. The van der Waals surface area contributed by atoms with Crippen LogP contribution in [0.3, 0.4) is 0 Å². The monoisotopic (exact) mass is 190 g/mol. The predicted molar refractivity (Wildman–Crippen MR) is 52.6 cm³/mol. The quantitative estimate of drug-likeness (QED) is 0.622. The summed E-state index contributed by atoms with van der Waals surface area (Å²) in [6.45, 7) is 8.52. The lowest BCUT2D eigenvalue weighted by atomic mass is 9.75. The Labute approximate surface area is 80.4 Å². The topological polar surface area (TPSA) is 9.23 Å². The fraction of sp³-hybridized carbons (Fsp3) is 1.00. The van der Waals surface area contributed by atoms with Crippen molar-refractivity contribution in [1.29, 1.82) is 0 Å². The Bertz CT molecular complexity index is 137. The van der Waals surface area contributed by atoms with E-state index in [-0.39, 0.29) is 5.38 Å². The smallest absolute Gasteiger partial charge is 0.0500 e. The number of halogens is 1. The molecule has 0 aromatic carbocycles. The van der Waals surface area contributed by atoms with Crippen LogP contribution in [0.2, 0.25) is 0 Å². The van der Waals surface area contributed by atoms with Gasteiger partial charge in [-0.2, -0.15) is 0 Å². The summed E-state index contributed by atoms with van der Waals surface area (Å²) in [5.41, 5.74) is 0.345. The maximum atomic E-state index is 6.00. The van der Waals surface area contributed by atoms with Gasteiger partial charge in [-0.15, -0.1) is 11.6 Å². The Balaban J connectivity index is 2.45. The molecule has 0 bridgehead atoms. The molecule has 2 atom stereocenters. The molecule has 72 valence electrons. The van der Waals surface area contributed by atoms with Crippen molar-refractivity contribution in [3.8, 4) is 0 Å². The van der Waals surface area contributed by atoms with Crippen LogP contribution in [0, 0.1) is 11.3 Å². The molecule has 2 unspecified atom stereocenters. The molecular formula is C10H19ClO. The SMILES string of the molecule is CC(Cl)CC(C)(C)C1CCOC1. The zero-order valence-corrected chi connectivity index (χ0v) is 9.03. The third kappa shape index (κ3) is 2.63. The minimum atomic E-state index is 0.278. The van der Waals surface area contributed by atoms with E-state index in [1.54, 1.807) is 0 Å². The zero-order chi connectivity index (χ0) is 9.19. The predicted octanol–water partition coefficient (Wildman–Crippen LogP) is 3.07. The zero-order valence-electron chi connectivity index (χ0n) is 8.27. The van der Waals surface area contributed by atoms with Crippen molar-refractivity contribution in [3.05, 3.63) is 0 Å². The van der Waals surface area contributed by atoms with Gasteiger partial charge in [0.1, 0.15) is 0 Å². The lowest BCUT2D eigenvalue weighted by Gasteiger charge is -2.31. The van der Waals surface area contributed by atoms with Crippen LogP contribution in [0.5, 0.6) is 0 Å². The molecule has 1 rings (SSSR count). The molecule has 2 heteroatoms. The van der Waals surface area contributed by atoms with E-state index in [1.807, 2.05) is 0 Å². The lowest BCUT2D eigenvalue weighted by molar-refractivity contribution is 0.137. The second kappa shape index (κ2) is 3.97. The van der Waals surface area contributed by atoms with E-state index >= 15 is 0 Å². The van der Waals surface area contributed by atoms with Crippen LogP contribution in [0.4, 0.5) is 0 Å². The molecule has 1 aliphatic heterocycles. The number of ether oxygens (including phenoxy) is 1. The van der Waals surface area contributed by atoms with Gasteiger partial charge in [0.15, 0.2) is 0 Å². The second-order valence-electron chi connectivity index (χ2n) is 4.53. The van der Waals surface area contributed by atoms with E-state index in [0.29, 0.717) is 11.3 Å². The molecule has 1 nitrogen and oxygen atoms in total. The van der Waals surface area contributed by atoms with Gasteiger partial charge >= 0.3 is 0 Å². The molecule has 1 saturated heterocycles. The highest BCUT2D eigenvalue weighted by molar-refractivity contribution is 6.20. The Kier molecular flexibility index (Phi) is 3.42. The third-order valence-electron chi connectivity index (χ3n) is 2.84. The molecule has 1 heterocycles. The second-order valence-corrected chi connectivity index (χ2v) is 5.28. The standard InChI is InChI=1S/C10H19ClO/c1-8(11)6-10(2,3)9-4-5-12-7-9/h8-9H,4-7H2,1-3H3. The minimum absolute atomic E-state index is 0.278. The van der Waals surface area contributed by atoms with Gasteiger partial charge in [-0.3, -0.25) is 0 Å². The molecule has 0 radical (unpaired) electrons. The first-order chi connectivity index (χ1) is 5.52. The van der Waals surface area contributed by atoms with E-state index < -0.39 is 0 Å². The highest BCUT2D eigenvalue weighted by Gasteiger charge is 2.33. The summed E-state index contributed by atoms with van der Waals surface area (Å²) in [5, 5.41) is 0.278. The Morgan fingerprint density at radius 2 is 2.25 bits per heavy atom. The molecule has 0 aliphatic carbocycles. The van der Waals surface area contributed by atoms with Gasteiger partial charge in [0, 0.05) is 18.6 Å². The first-order valence-corrected chi connectivity index (χ1v) is 5.18. The summed E-state index contributed by atoms with van der Waals surface area (Å²) in [7, 11) is 0. The van der Waals surface area contributed by atoms with Crippen molar-refractivity contribution in [3.63, 3.8) is 0 Å². The number of hydrogen-bond acceptors (Lipinski definition) is 1. The van der Waals surface area contributed by atoms with Crippen LogP contribution in [-0.2, 0) is 4.74 Å². The van der Waals surface area contributed by atoms with Gasteiger partial charge in [-0.25, -0.2) is 0 Å². The Morgan fingerprint density at radius 3 is 2.67 bits per heavy atom. The van der Waals surface area contributed by atoms with Gasteiger partial charge in [0.25, 0.3) is 0 Å². The molecule has 1 fully saturated rings. The van der Waals surface area contributed by atoms with Gasteiger partial charge in [0.05, 0.1) is 0 Å². The largest absolute Gasteiger partial charge is 0.381 e. The van der Waals surface area contributed by atoms with E-state index in [1.165, 1.54) is 6.42 Å². The van der Waals surface area contributed by atoms with Gasteiger partial charge < -0.3 is 4.74 Å². The maximum Gasteiger partial charge on any atom is 0.0500 e. The molecule has 0 amide bonds. The fourth-order valence-corrected chi connectivity index (χ4v) is 2.44. The number of alkyl halides is 1. The fourth-order valence-electron chi connectivity index (χ4n) is 2.04. The van der Waals surface area contributed by atoms with Crippen molar-refractivity contribution < 1.29 is 4.74 Å². The highest BCUT2D eigenvalue weighted by atomic mass is 35.5. The van der Waals surface area contributed by atoms with E-state index in [0.717, 1.165) is 19.6 Å². The molecule has 0 aromatic heterocycles. The minimum Gasteiger partial charge on any atom is -0.381 e. The average molecular weight is 191 g/mol. The normalized spacial score (nSPS) is 27.5. The van der Waals surface area contributed by atoms with Crippen molar-refractivity contribution in [1.82, 2.24) is 0 Å². The summed E-state index contributed by atoms with van der Waals surface area (Å²) < 4.78 is 5.38. The summed E-state index contributed by atoms with van der Waals surface area (Å²) in [6, 6.07) is 0. The average Bonchev–Trinajstić information content (AvgIpc) is 2.32. The van der Waals surface area contributed by atoms with E-state index in [2.05, 4.69) is 20.8 Å². The molecule has 0 spiro atoms. The van der Waals surface area contributed by atoms with E-state index in [9.17, 15) is 0 Å². The summed E-state index contributed by atoms with van der Waals surface area (Å²) in [5.74, 6) is 0.707. The van der Waals surface area contributed by atoms with Crippen molar-refractivity contribution in [2.24, 2.45) is 11.3 Å². The van der Waals surface area contributed by atoms with Crippen molar-refractivity contribution in [2.75, 3.05) is 13.2 Å². The van der Waals surface area contributed by atoms with Crippen LogP contribution in [-0.4, -0.2) is 18.6 Å². The third-order valence-corrected chi connectivity index (χ3v) is 3.00. The molecule has 12 heavy (non-hydrogen) atoms. The first-order valence-electron chi connectivity index (χ1n) is 4.74. The first kappa shape index (κ1) is 10.3. The van der Waals surface area contributed by atoms with Crippen LogP contribution in [0.1, 0.15) is 33.6 Å². The number of hydrogen-bond donors (Lipinski definition) is 0. The van der Waals surface area contributed by atoms with Crippen molar-refractivity contribution in [2.45, 2.75) is 39.0 Å². The molecular weight excluding hydrogens is 172 g/mol.